The normalized spacial score (nSPS) is 18.5. The third-order valence-corrected chi connectivity index (χ3v) is 10.0. The van der Waals surface area contributed by atoms with E-state index in [0.29, 0.717) is 26.3 Å². The van der Waals surface area contributed by atoms with Crippen molar-refractivity contribution >= 4 is 45.1 Å². The highest BCUT2D eigenvalue weighted by Crippen LogP contribution is 2.38. The number of hydrogen-bond acceptors (Lipinski definition) is 6. The number of benzene rings is 2. The van der Waals surface area contributed by atoms with Crippen LogP contribution in [0.15, 0.2) is 47.4 Å². The summed E-state index contributed by atoms with van der Waals surface area (Å²) in [6, 6.07) is 13.5. The molecule has 37 heavy (non-hydrogen) atoms. The van der Waals surface area contributed by atoms with Crippen molar-refractivity contribution in [3.63, 3.8) is 0 Å². The molecule has 0 unspecified atom stereocenters. The predicted octanol–water partition coefficient (Wildman–Crippen LogP) is 3.87. The first-order chi connectivity index (χ1) is 17.6. The second kappa shape index (κ2) is 9.98. The summed E-state index contributed by atoms with van der Waals surface area (Å²) in [4.78, 5) is 19.2. The maximum atomic E-state index is 13.9. The Kier molecular flexibility index (Phi) is 7.04. The summed E-state index contributed by atoms with van der Waals surface area (Å²) in [7, 11) is -2.63. The number of thiol groups is 1. The van der Waals surface area contributed by atoms with Crippen LogP contribution in [0.5, 0.6) is 0 Å². The Hall–Kier alpha value is -2.53. The van der Waals surface area contributed by atoms with Gasteiger partial charge in [0.15, 0.2) is 4.87 Å². The Morgan fingerprint density at radius 3 is 2.46 bits per heavy atom. The van der Waals surface area contributed by atoms with Gasteiger partial charge in [0.2, 0.25) is 10.0 Å². The fourth-order valence-corrected chi connectivity index (χ4v) is 6.94. The SMILES string of the molecule is Cc1ccc2cc(-c3cc(S(=O)(=O)N(C)[C@@](C)(S)C(=O)N4CCOCC4)ccc3N3CCCC3)[nH]c2c1. The number of morpholine rings is 1. The second-order valence-corrected chi connectivity index (χ2v) is 12.9. The van der Waals surface area contributed by atoms with E-state index >= 15 is 0 Å². The van der Waals surface area contributed by atoms with Crippen LogP contribution in [0.25, 0.3) is 22.2 Å². The monoisotopic (exact) mass is 542 g/mol. The number of hydrogen-bond donors (Lipinski definition) is 2. The smallest absolute Gasteiger partial charge is 0.254 e. The van der Waals surface area contributed by atoms with Crippen molar-refractivity contribution in [2.45, 2.75) is 36.5 Å². The number of amides is 1. The lowest BCUT2D eigenvalue weighted by molar-refractivity contribution is -0.140. The van der Waals surface area contributed by atoms with E-state index in [-0.39, 0.29) is 10.8 Å². The highest BCUT2D eigenvalue weighted by molar-refractivity contribution is 7.90. The summed E-state index contributed by atoms with van der Waals surface area (Å²) in [5.41, 5.74) is 4.84. The molecule has 0 radical (unpaired) electrons. The van der Waals surface area contributed by atoms with Crippen molar-refractivity contribution in [2.75, 3.05) is 51.3 Å². The van der Waals surface area contributed by atoms with E-state index < -0.39 is 14.9 Å². The van der Waals surface area contributed by atoms with Gasteiger partial charge in [0, 0.05) is 61.1 Å². The molecule has 2 aliphatic rings. The molecular formula is C27H34N4O4S2. The number of nitrogens with one attached hydrogen (secondary N) is 1. The lowest BCUT2D eigenvalue weighted by atomic mass is 10.1. The van der Waals surface area contributed by atoms with Gasteiger partial charge < -0.3 is 19.5 Å². The van der Waals surface area contributed by atoms with E-state index in [1.54, 1.807) is 17.0 Å². The van der Waals surface area contributed by atoms with Crippen LogP contribution in [0.4, 0.5) is 5.69 Å². The summed E-state index contributed by atoms with van der Waals surface area (Å²) < 4.78 is 34.1. The lowest BCUT2D eigenvalue weighted by Gasteiger charge is -2.38. The standard InChI is InChI=1S/C27H34N4O4S2/c1-19-6-7-20-17-24(28-23(20)16-19)22-18-21(8-9-25(22)30-10-4-5-11-30)37(33,34)29(3)27(2,36)26(32)31-12-14-35-15-13-31/h6-9,16-18,28,36H,4-5,10-15H2,1-3H3/t27-/m0/s1. The van der Waals surface area contributed by atoms with Crippen LogP contribution in [-0.4, -0.2) is 79.8 Å². The Labute approximate surface area is 224 Å². The molecule has 1 atom stereocenters. The Bertz CT molecular complexity index is 1420. The van der Waals surface area contributed by atoms with Gasteiger partial charge >= 0.3 is 0 Å². The number of aromatic amines is 1. The molecule has 2 fully saturated rings. The maximum Gasteiger partial charge on any atom is 0.254 e. The number of anilines is 1. The van der Waals surface area contributed by atoms with Gasteiger partial charge in [-0.3, -0.25) is 4.79 Å². The van der Waals surface area contributed by atoms with Crippen LogP contribution < -0.4 is 4.90 Å². The largest absolute Gasteiger partial charge is 0.378 e. The number of nitrogens with zero attached hydrogens (tertiary/aromatic N) is 3. The summed E-state index contributed by atoms with van der Waals surface area (Å²) in [5, 5.41) is 1.07. The molecule has 2 aromatic carbocycles. The van der Waals surface area contributed by atoms with Crippen molar-refractivity contribution in [3.05, 3.63) is 48.0 Å². The number of likely N-dealkylation sites (N-methyl/N-ethyl adjacent to an activating group) is 1. The van der Waals surface area contributed by atoms with E-state index in [2.05, 4.69) is 46.8 Å². The lowest BCUT2D eigenvalue weighted by Crippen LogP contribution is -2.56. The van der Waals surface area contributed by atoms with Crippen LogP contribution in [0.3, 0.4) is 0 Å². The van der Waals surface area contributed by atoms with Crippen molar-refractivity contribution in [3.8, 4) is 11.3 Å². The molecule has 2 aliphatic heterocycles. The molecule has 10 heteroatoms. The van der Waals surface area contributed by atoms with Gasteiger partial charge in [-0.2, -0.15) is 4.31 Å². The third kappa shape index (κ3) is 4.87. The molecule has 0 spiro atoms. The quantitative estimate of drug-likeness (QED) is 0.365. The molecular weight excluding hydrogens is 508 g/mol. The van der Waals surface area contributed by atoms with Crippen LogP contribution in [0.1, 0.15) is 25.3 Å². The molecule has 1 aromatic heterocycles. The molecule has 1 N–H and O–H groups in total. The van der Waals surface area contributed by atoms with Gasteiger partial charge in [0.25, 0.3) is 5.91 Å². The van der Waals surface area contributed by atoms with Gasteiger partial charge in [-0.25, -0.2) is 8.42 Å². The van der Waals surface area contributed by atoms with Gasteiger partial charge in [0.05, 0.1) is 18.1 Å². The zero-order valence-electron chi connectivity index (χ0n) is 21.5. The number of carbonyl (C=O) groups is 1. The average Bonchev–Trinajstić information content (AvgIpc) is 3.58. The molecule has 3 heterocycles. The van der Waals surface area contributed by atoms with E-state index in [4.69, 9.17) is 4.74 Å². The minimum absolute atomic E-state index is 0.123. The topological polar surface area (TPSA) is 85.9 Å². The molecule has 1 amide bonds. The molecule has 198 valence electrons. The average molecular weight is 543 g/mol. The minimum Gasteiger partial charge on any atom is -0.378 e. The van der Waals surface area contributed by atoms with Gasteiger partial charge in [0.1, 0.15) is 0 Å². The fraction of sp³-hybridized carbons (Fsp3) is 0.444. The first-order valence-electron chi connectivity index (χ1n) is 12.7. The Morgan fingerprint density at radius 2 is 1.76 bits per heavy atom. The van der Waals surface area contributed by atoms with Crippen molar-refractivity contribution < 1.29 is 17.9 Å². The molecule has 0 saturated carbocycles. The van der Waals surface area contributed by atoms with E-state index in [9.17, 15) is 13.2 Å². The zero-order chi connectivity index (χ0) is 26.4. The van der Waals surface area contributed by atoms with Crippen molar-refractivity contribution in [1.82, 2.24) is 14.2 Å². The molecule has 2 saturated heterocycles. The number of fused-ring (bicyclic) bond motifs is 1. The number of aryl methyl sites for hydroxylation is 1. The number of ether oxygens (including phenoxy) is 1. The van der Waals surface area contributed by atoms with Crippen molar-refractivity contribution in [1.29, 1.82) is 0 Å². The first-order valence-corrected chi connectivity index (χ1v) is 14.5. The maximum absolute atomic E-state index is 13.9. The number of aromatic nitrogens is 1. The Balaban J connectivity index is 1.55. The van der Waals surface area contributed by atoms with Crippen LogP contribution in [0, 0.1) is 6.92 Å². The van der Waals surface area contributed by atoms with Gasteiger partial charge in [-0.1, -0.05) is 12.1 Å². The highest BCUT2D eigenvalue weighted by atomic mass is 32.2. The van der Waals surface area contributed by atoms with E-state index in [1.165, 1.54) is 14.0 Å². The molecule has 0 bridgehead atoms. The first kappa shape index (κ1) is 26.1. The third-order valence-electron chi connectivity index (χ3n) is 7.46. The number of rotatable bonds is 6. The summed E-state index contributed by atoms with van der Waals surface area (Å²) in [6.45, 7) is 7.13. The predicted molar refractivity (Wildman–Crippen MR) is 150 cm³/mol. The van der Waals surface area contributed by atoms with Crippen LogP contribution in [0.2, 0.25) is 0 Å². The van der Waals surface area contributed by atoms with E-state index in [1.807, 2.05) is 13.0 Å². The number of sulfonamides is 1. The van der Waals surface area contributed by atoms with Crippen LogP contribution >= 0.6 is 12.6 Å². The number of carbonyl (C=O) groups excluding carboxylic acids is 1. The van der Waals surface area contributed by atoms with Gasteiger partial charge in [-0.15, -0.1) is 12.6 Å². The second-order valence-electron chi connectivity index (χ2n) is 10.0. The highest BCUT2D eigenvalue weighted by Gasteiger charge is 2.44. The fourth-order valence-electron chi connectivity index (χ4n) is 5.10. The van der Waals surface area contributed by atoms with Crippen LogP contribution in [-0.2, 0) is 19.6 Å². The summed E-state index contributed by atoms with van der Waals surface area (Å²) >= 11 is 4.56. The minimum atomic E-state index is -4.04. The summed E-state index contributed by atoms with van der Waals surface area (Å²) in [5.74, 6) is -0.356. The molecule has 8 nitrogen and oxygen atoms in total. The van der Waals surface area contributed by atoms with Crippen molar-refractivity contribution in [2.24, 2.45) is 0 Å². The summed E-state index contributed by atoms with van der Waals surface area (Å²) in [6.07, 6.45) is 2.21. The van der Waals surface area contributed by atoms with Gasteiger partial charge in [-0.05, 0) is 62.6 Å². The number of H-pyrrole nitrogens is 1. The molecule has 5 rings (SSSR count). The molecule has 0 aliphatic carbocycles. The van der Waals surface area contributed by atoms with E-state index in [0.717, 1.165) is 63.6 Å². The zero-order valence-corrected chi connectivity index (χ0v) is 23.2. The Morgan fingerprint density at radius 1 is 1.05 bits per heavy atom. The molecule has 3 aromatic rings.